The maximum Gasteiger partial charge on any atom is 0.272 e. The van der Waals surface area contributed by atoms with Crippen molar-refractivity contribution < 1.29 is 14.6 Å². The second-order valence-corrected chi connectivity index (χ2v) is 8.09. The smallest absolute Gasteiger partial charge is 0.272 e. The van der Waals surface area contributed by atoms with Crippen LogP contribution in [0.15, 0.2) is 48.9 Å². The fourth-order valence-electron chi connectivity index (χ4n) is 3.76. The van der Waals surface area contributed by atoms with E-state index in [0.29, 0.717) is 36.5 Å². The maximum atomic E-state index is 13.0. The molecule has 2 aliphatic rings. The zero-order valence-electron chi connectivity index (χ0n) is 17.2. The first-order valence-electron chi connectivity index (χ1n) is 10.6. The quantitative estimate of drug-likeness (QED) is 0.638. The molecule has 8 nitrogen and oxygen atoms in total. The SMILES string of the molecule is O=C(Nc1cccc(O)c1)c1cc(-c2cnc(N3CCOCC3)nc2)cn1CC1CC1. The van der Waals surface area contributed by atoms with Crippen molar-refractivity contribution in [2.24, 2.45) is 5.92 Å². The van der Waals surface area contributed by atoms with Gasteiger partial charge in [-0.2, -0.15) is 0 Å². The molecule has 1 aliphatic heterocycles. The third-order valence-electron chi connectivity index (χ3n) is 5.65. The number of nitrogens with one attached hydrogen (secondary N) is 1. The van der Waals surface area contributed by atoms with Crippen molar-refractivity contribution in [3.63, 3.8) is 0 Å². The van der Waals surface area contributed by atoms with Gasteiger partial charge in [0.25, 0.3) is 5.91 Å². The van der Waals surface area contributed by atoms with E-state index >= 15 is 0 Å². The average molecular weight is 419 g/mol. The van der Waals surface area contributed by atoms with E-state index in [9.17, 15) is 9.90 Å². The first kappa shape index (κ1) is 19.6. The first-order chi connectivity index (χ1) is 15.2. The summed E-state index contributed by atoms with van der Waals surface area (Å²) in [5.41, 5.74) is 2.93. The highest BCUT2D eigenvalue weighted by Crippen LogP contribution is 2.33. The van der Waals surface area contributed by atoms with Crippen LogP contribution in [0.25, 0.3) is 11.1 Å². The number of rotatable bonds is 6. The lowest BCUT2D eigenvalue weighted by molar-refractivity contribution is 0.101. The van der Waals surface area contributed by atoms with Crippen LogP contribution in [0.3, 0.4) is 0 Å². The monoisotopic (exact) mass is 419 g/mol. The number of phenols is 1. The van der Waals surface area contributed by atoms with Crippen molar-refractivity contribution in [1.82, 2.24) is 14.5 Å². The Morgan fingerprint density at radius 2 is 1.90 bits per heavy atom. The van der Waals surface area contributed by atoms with E-state index in [1.807, 2.05) is 29.2 Å². The largest absolute Gasteiger partial charge is 0.508 e. The average Bonchev–Trinajstić information content (AvgIpc) is 3.51. The Hall–Kier alpha value is -3.39. The minimum atomic E-state index is -0.205. The molecule has 0 bridgehead atoms. The summed E-state index contributed by atoms with van der Waals surface area (Å²) in [6.45, 7) is 3.77. The summed E-state index contributed by atoms with van der Waals surface area (Å²) in [6.07, 6.45) is 8.01. The Morgan fingerprint density at radius 3 is 2.61 bits per heavy atom. The molecular formula is C23H25N5O3. The van der Waals surface area contributed by atoms with Crippen LogP contribution in [0.1, 0.15) is 23.3 Å². The number of nitrogens with zero attached hydrogens (tertiary/aromatic N) is 4. The lowest BCUT2D eigenvalue weighted by Crippen LogP contribution is -2.37. The molecule has 1 aliphatic carbocycles. The van der Waals surface area contributed by atoms with E-state index in [1.165, 1.54) is 18.9 Å². The Labute approximate surface area is 180 Å². The summed E-state index contributed by atoms with van der Waals surface area (Å²) < 4.78 is 7.40. The van der Waals surface area contributed by atoms with E-state index in [-0.39, 0.29) is 11.7 Å². The highest BCUT2D eigenvalue weighted by molar-refractivity contribution is 6.04. The van der Waals surface area contributed by atoms with Crippen molar-refractivity contribution in [3.8, 4) is 16.9 Å². The number of aromatic nitrogens is 3. The summed E-state index contributed by atoms with van der Waals surface area (Å²) in [5.74, 6) is 1.23. The molecule has 1 saturated carbocycles. The third-order valence-corrected chi connectivity index (χ3v) is 5.65. The van der Waals surface area contributed by atoms with Gasteiger partial charge in [-0.15, -0.1) is 0 Å². The van der Waals surface area contributed by atoms with Crippen LogP contribution in [0.4, 0.5) is 11.6 Å². The van der Waals surface area contributed by atoms with Gasteiger partial charge >= 0.3 is 0 Å². The van der Waals surface area contributed by atoms with Gasteiger partial charge in [-0.1, -0.05) is 6.07 Å². The molecular weight excluding hydrogens is 394 g/mol. The van der Waals surface area contributed by atoms with E-state index < -0.39 is 0 Å². The second-order valence-electron chi connectivity index (χ2n) is 8.09. The molecule has 160 valence electrons. The Balaban J connectivity index is 1.39. The number of aromatic hydroxyl groups is 1. The number of ether oxygens (including phenoxy) is 1. The molecule has 3 heterocycles. The van der Waals surface area contributed by atoms with Crippen molar-refractivity contribution in [2.45, 2.75) is 19.4 Å². The molecule has 1 amide bonds. The van der Waals surface area contributed by atoms with Crippen LogP contribution in [0.2, 0.25) is 0 Å². The lowest BCUT2D eigenvalue weighted by Gasteiger charge is -2.26. The summed E-state index contributed by atoms with van der Waals surface area (Å²) in [5, 5.41) is 12.5. The Bertz CT molecular complexity index is 1070. The molecule has 1 aromatic carbocycles. The minimum Gasteiger partial charge on any atom is -0.508 e. The molecule has 0 unspecified atom stereocenters. The van der Waals surface area contributed by atoms with Crippen molar-refractivity contribution in [1.29, 1.82) is 0 Å². The van der Waals surface area contributed by atoms with Gasteiger partial charge in [-0.25, -0.2) is 9.97 Å². The molecule has 0 atom stereocenters. The second kappa shape index (κ2) is 8.39. The number of anilines is 2. The molecule has 2 fully saturated rings. The highest BCUT2D eigenvalue weighted by Gasteiger charge is 2.25. The Morgan fingerprint density at radius 1 is 1.13 bits per heavy atom. The van der Waals surface area contributed by atoms with Crippen molar-refractivity contribution >= 4 is 17.5 Å². The van der Waals surface area contributed by atoms with Gasteiger partial charge in [0.2, 0.25) is 5.95 Å². The van der Waals surface area contributed by atoms with E-state index in [4.69, 9.17) is 4.74 Å². The van der Waals surface area contributed by atoms with Crippen LogP contribution < -0.4 is 10.2 Å². The lowest BCUT2D eigenvalue weighted by atomic mass is 10.2. The number of hydrogen-bond acceptors (Lipinski definition) is 6. The molecule has 5 rings (SSSR count). The van der Waals surface area contributed by atoms with Crippen molar-refractivity contribution in [3.05, 3.63) is 54.6 Å². The summed E-state index contributed by atoms with van der Waals surface area (Å²) in [4.78, 5) is 24.2. The normalized spacial score (nSPS) is 16.3. The van der Waals surface area contributed by atoms with Crippen LogP contribution in [-0.4, -0.2) is 51.9 Å². The van der Waals surface area contributed by atoms with Gasteiger partial charge in [0.1, 0.15) is 11.4 Å². The number of morpholine rings is 1. The molecule has 3 aromatic rings. The number of hydrogen-bond donors (Lipinski definition) is 2. The van der Waals surface area contributed by atoms with Crippen molar-refractivity contribution in [2.75, 3.05) is 36.5 Å². The number of phenolic OH excluding ortho intramolecular Hbond substituents is 1. The summed E-state index contributed by atoms with van der Waals surface area (Å²) >= 11 is 0. The number of benzene rings is 1. The van der Waals surface area contributed by atoms with E-state index in [2.05, 4.69) is 20.2 Å². The highest BCUT2D eigenvalue weighted by atomic mass is 16.5. The fraction of sp³-hybridized carbons (Fsp3) is 0.348. The maximum absolute atomic E-state index is 13.0. The predicted molar refractivity (Wildman–Crippen MR) is 117 cm³/mol. The number of amides is 1. The zero-order chi connectivity index (χ0) is 21.2. The van der Waals surface area contributed by atoms with Gasteiger partial charge in [-0.05, 0) is 37.0 Å². The first-order valence-corrected chi connectivity index (χ1v) is 10.6. The predicted octanol–water partition coefficient (Wildman–Crippen LogP) is 3.15. The molecule has 1 saturated heterocycles. The van der Waals surface area contributed by atoms with Crippen LogP contribution >= 0.6 is 0 Å². The van der Waals surface area contributed by atoms with E-state index in [0.717, 1.165) is 30.8 Å². The molecule has 0 radical (unpaired) electrons. The molecule has 8 heteroatoms. The van der Waals surface area contributed by atoms with E-state index in [1.54, 1.807) is 18.2 Å². The topological polar surface area (TPSA) is 92.5 Å². The van der Waals surface area contributed by atoms with Crippen LogP contribution in [0.5, 0.6) is 5.75 Å². The summed E-state index contributed by atoms with van der Waals surface area (Å²) in [6, 6.07) is 8.45. The molecule has 31 heavy (non-hydrogen) atoms. The fourth-order valence-corrected chi connectivity index (χ4v) is 3.76. The third kappa shape index (κ3) is 4.54. The van der Waals surface area contributed by atoms with Gasteiger partial charge in [-0.3, -0.25) is 4.79 Å². The van der Waals surface area contributed by atoms with Gasteiger partial charge in [0.15, 0.2) is 0 Å². The Kier molecular flexibility index (Phi) is 5.30. The number of carbonyl (C=O) groups excluding carboxylic acids is 1. The van der Waals surface area contributed by atoms with Gasteiger partial charge < -0.3 is 24.6 Å². The van der Waals surface area contributed by atoms with Gasteiger partial charge in [0.05, 0.1) is 13.2 Å². The van der Waals surface area contributed by atoms with Crippen LogP contribution in [0, 0.1) is 5.92 Å². The zero-order valence-corrected chi connectivity index (χ0v) is 17.2. The molecule has 2 N–H and O–H groups in total. The molecule has 2 aromatic heterocycles. The van der Waals surface area contributed by atoms with Crippen LogP contribution in [-0.2, 0) is 11.3 Å². The molecule has 0 spiro atoms. The van der Waals surface area contributed by atoms with Gasteiger partial charge in [0, 0.05) is 61.1 Å². The summed E-state index contributed by atoms with van der Waals surface area (Å²) in [7, 11) is 0. The standard InChI is InChI=1S/C23H25N5O3/c29-20-3-1-2-19(11-20)26-22(30)21-10-17(15-28(21)14-16-4-5-16)18-12-24-23(25-13-18)27-6-8-31-9-7-27/h1-3,10-13,15-16,29H,4-9,14H2,(H,26,30). The minimum absolute atomic E-state index is 0.115. The number of carbonyl (C=O) groups is 1.